The van der Waals surface area contributed by atoms with Gasteiger partial charge >= 0.3 is 6.09 Å². The van der Waals surface area contributed by atoms with Crippen molar-refractivity contribution in [3.8, 4) is 0 Å². The van der Waals surface area contributed by atoms with Crippen LogP contribution in [0.4, 0.5) is 9.18 Å². The summed E-state index contributed by atoms with van der Waals surface area (Å²) < 4.78 is 18.3. The Labute approximate surface area is 93.7 Å². The van der Waals surface area contributed by atoms with Crippen LogP contribution < -0.4 is 11.2 Å². The number of nitrogens with one attached hydrogen (secondary N) is 1. The van der Waals surface area contributed by atoms with Crippen molar-refractivity contribution in [1.29, 1.82) is 0 Å². The lowest BCUT2D eigenvalue weighted by Crippen LogP contribution is -2.35. The molecule has 0 spiro atoms. The van der Waals surface area contributed by atoms with Crippen molar-refractivity contribution >= 4 is 6.09 Å². The maximum Gasteiger partial charge on any atom is 0.412 e. The highest BCUT2D eigenvalue weighted by Crippen LogP contribution is 2.14. The number of rotatable bonds is 1. The topological polar surface area (TPSA) is 67.6 Å². The summed E-state index contributed by atoms with van der Waals surface area (Å²) in [7, 11) is 0. The summed E-state index contributed by atoms with van der Waals surface area (Å²) in [5.41, 5.74) is -0.532. The van der Waals surface area contributed by atoms with Gasteiger partial charge in [0, 0.05) is 0 Å². The molecule has 1 aliphatic heterocycles. The molecule has 0 saturated heterocycles. The standard InChI is InChI=1S/C10H16FN3O2/c1-10(2,3)16-9(15)13-8-4-5-14(12)6-7(8)11/h4,6H,5,12H2,1-3H3,(H,13,15). The minimum Gasteiger partial charge on any atom is -0.444 e. The van der Waals surface area contributed by atoms with Crippen LogP contribution in [0.15, 0.2) is 23.8 Å². The van der Waals surface area contributed by atoms with E-state index in [1.54, 1.807) is 20.8 Å². The average Bonchev–Trinajstić information content (AvgIpc) is 2.06. The first kappa shape index (κ1) is 12.5. The maximum absolute atomic E-state index is 13.3. The number of ether oxygens (including phenoxy) is 1. The molecule has 1 heterocycles. The summed E-state index contributed by atoms with van der Waals surface area (Å²) in [6.45, 7) is 5.53. The van der Waals surface area contributed by atoms with Gasteiger partial charge < -0.3 is 9.75 Å². The molecule has 5 nitrogen and oxygen atoms in total. The fraction of sp³-hybridized carbons (Fsp3) is 0.500. The van der Waals surface area contributed by atoms with Gasteiger partial charge in [0.1, 0.15) is 5.60 Å². The Morgan fingerprint density at radius 1 is 1.62 bits per heavy atom. The highest BCUT2D eigenvalue weighted by molar-refractivity contribution is 5.71. The van der Waals surface area contributed by atoms with E-state index in [2.05, 4.69) is 5.32 Å². The number of amides is 1. The van der Waals surface area contributed by atoms with Crippen molar-refractivity contribution in [3.05, 3.63) is 23.8 Å². The maximum atomic E-state index is 13.3. The Hall–Kier alpha value is -1.56. The van der Waals surface area contributed by atoms with Crippen LogP contribution >= 0.6 is 0 Å². The minimum atomic E-state index is -0.687. The molecule has 0 fully saturated rings. The molecule has 0 unspecified atom stereocenters. The van der Waals surface area contributed by atoms with E-state index < -0.39 is 17.5 Å². The quantitative estimate of drug-likeness (QED) is 0.667. The Bertz CT molecular complexity index is 344. The van der Waals surface area contributed by atoms with Crippen molar-refractivity contribution in [3.63, 3.8) is 0 Å². The van der Waals surface area contributed by atoms with E-state index in [0.29, 0.717) is 6.54 Å². The zero-order valence-electron chi connectivity index (χ0n) is 9.58. The third kappa shape index (κ3) is 3.90. The lowest BCUT2D eigenvalue weighted by atomic mass is 10.2. The van der Waals surface area contributed by atoms with Gasteiger partial charge in [-0.15, -0.1) is 0 Å². The van der Waals surface area contributed by atoms with Crippen LogP contribution in [0.3, 0.4) is 0 Å². The van der Waals surface area contributed by atoms with Gasteiger partial charge in [0.05, 0.1) is 18.4 Å². The van der Waals surface area contributed by atoms with E-state index in [-0.39, 0.29) is 5.70 Å². The molecule has 0 aromatic carbocycles. The van der Waals surface area contributed by atoms with Crippen molar-refractivity contribution in [2.24, 2.45) is 5.84 Å². The second kappa shape index (κ2) is 4.52. The normalized spacial score (nSPS) is 16.4. The molecule has 0 aromatic rings. The van der Waals surface area contributed by atoms with Crippen LogP contribution in [-0.4, -0.2) is 23.2 Å². The van der Waals surface area contributed by atoms with Gasteiger partial charge in [0.25, 0.3) is 0 Å². The fourth-order valence-electron chi connectivity index (χ4n) is 1.09. The van der Waals surface area contributed by atoms with Crippen LogP contribution in [0.2, 0.25) is 0 Å². The number of hydrogen-bond donors (Lipinski definition) is 2. The average molecular weight is 229 g/mol. The van der Waals surface area contributed by atoms with Crippen LogP contribution in [0.25, 0.3) is 0 Å². The molecular formula is C10H16FN3O2. The third-order valence-corrected chi connectivity index (χ3v) is 1.68. The van der Waals surface area contributed by atoms with Gasteiger partial charge in [0.2, 0.25) is 0 Å². The highest BCUT2D eigenvalue weighted by atomic mass is 19.1. The lowest BCUT2D eigenvalue weighted by Gasteiger charge is -2.22. The monoisotopic (exact) mass is 229 g/mol. The van der Waals surface area contributed by atoms with Gasteiger partial charge in [-0.25, -0.2) is 15.0 Å². The number of hydrazine groups is 1. The molecule has 90 valence electrons. The van der Waals surface area contributed by atoms with E-state index in [0.717, 1.165) is 6.20 Å². The molecule has 0 bridgehead atoms. The molecule has 0 saturated carbocycles. The van der Waals surface area contributed by atoms with Gasteiger partial charge in [0.15, 0.2) is 5.83 Å². The summed E-state index contributed by atoms with van der Waals surface area (Å²) in [6.07, 6.45) is 1.89. The van der Waals surface area contributed by atoms with Crippen molar-refractivity contribution in [2.75, 3.05) is 6.54 Å². The van der Waals surface area contributed by atoms with Crippen molar-refractivity contribution in [2.45, 2.75) is 26.4 Å². The number of halogens is 1. The number of carbonyl (C=O) groups excluding carboxylic acids is 1. The van der Waals surface area contributed by atoms with Crippen LogP contribution in [0, 0.1) is 0 Å². The number of carbonyl (C=O) groups is 1. The smallest absolute Gasteiger partial charge is 0.412 e. The van der Waals surface area contributed by atoms with Crippen molar-refractivity contribution in [1.82, 2.24) is 10.3 Å². The summed E-state index contributed by atoms with van der Waals surface area (Å²) in [4.78, 5) is 11.3. The number of hydrogen-bond acceptors (Lipinski definition) is 4. The molecule has 1 aliphatic rings. The van der Waals surface area contributed by atoms with Gasteiger partial charge in [-0.2, -0.15) is 0 Å². The van der Waals surface area contributed by atoms with E-state index in [4.69, 9.17) is 10.6 Å². The van der Waals surface area contributed by atoms with E-state index in [9.17, 15) is 9.18 Å². The Morgan fingerprint density at radius 3 is 2.75 bits per heavy atom. The molecule has 1 rings (SSSR count). The molecule has 6 heteroatoms. The van der Waals surface area contributed by atoms with Crippen molar-refractivity contribution < 1.29 is 13.9 Å². The first-order chi connectivity index (χ1) is 7.28. The molecule has 1 amide bonds. The molecule has 0 aromatic heterocycles. The molecular weight excluding hydrogens is 213 g/mol. The first-order valence-electron chi connectivity index (χ1n) is 4.87. The summed E-state index contributed by atoms with van der Waals surface area (Å²) in [6, 6.07) is 0. The van der Waals surface area contributed by atoms with Gasteiger partial charge in [-0.05, 0) is 26.8 Å². The Balaban J connectivity index is 2.56. The Kier molecular flexibility index (Phi) is 3.54. The van der Waals surface area contributed by atoms with Crippen LogP contribution in [0.1, 0.15) is 20.8 Å². The largest absolute Gasteiger partial charge is 0.444 e. The predicted octanol–water partition coefficient (Wildman–Crippen LogP) is 1.40. The summed E-state index contributed by atoms with van der Waals surface area (Å²) in [5, 5.41) is 3.50. The molecule has 0 aliphatic carbocycles. The summed E-state index contributed by atoms with van der Waals surface area (Å²) in [5.74, 6) is 4.75. The second-order valence-corrected chi connectivity index (χ2v) is 4.42. The SMILES string of the molecule is CC(C)(C)OC(=O)NC1=CCN(N)C=C1F. The van der Waals surface area contributed by atoms with Crippen LogP contribution in [0.5, 0.6) is 0 Å². The fourth-order valence-corrected chi connectivity index (χ4v) is 1.09. The number of nitrogens with two attached hydrogens (primary N) is 1. The number of alkyl carbamates (subject to hydrolysis) is 1. The second-order valence-electron chi connectivity index (χ2n) is 4.42. The van der Waals surface area contributed by atoms with Crippen LogP contribution in [-0.2, 0) is 4.74 Å². The minimum absolute atomic E-state index is 0.0796. The molecule has 0 radical (unpaired) electrons. The van der Waals surface area contributed by atoms with E-state index in [1.165, 1.54) is 11.1 Å². The zero-order valence-corrected chi connectivity index (χ0v) is 9.58. The molecule has 0 atom stereocenters. The summed E-state index contributed by atoms with van der Waals surface area (Å²) >= 11 is 0. The van der Waals surface area contributed by atoms with Gasteiger partial charge in [-0.1, -0.05) is 0 Å². The highest BCUT2D eigenvalue weighted by Gasteiger charge is 2.19. The Morgan fingerprint density at radius 2 is 2.25 bits per heavy atom. The zero-order chi connectivity index (χ0) is 12.3. The molecule has 16 heavy (non-hydrogen) atoms. The number of allylic oxidation sites excluding steroid dienone is 1. The lowest BCUT2D eigenvalue weighted by molar-refractivity contribution is 0.0544. The number of nitrogens with zero attached hydrogens (tertiary/aromatic N) is 1. The predicted molar refractivity (Wildman–Crippen MR) is 57.5 cm³/mol. The molecule has 3 N–H and O–H groups in total. The van der Waals surface area contributed by atoms with E-state index in [1.807, 2.05) is 0 Å². The van der Waals surface area contributed by atoms with Gasteiger partial charge in [-0.3, -0.25) is 5.32 Å². The van der Waals surface area contributed by atoms with E-state index >= 15 is 0 Å². The first-order valence-corrected chi connectivity index (χ1v) is 4.87. The third-order valence-electron chi connectivity index (χ3n) is 1.68.